The monoisotopic (exact) mass is 416 g/mol. The quantitative estimate of drug-likeness (QED) is 0.473. The summed E-state index contributed by atoms with van der Waals surface area (Å²) in [4.78, 5) is 28.1. The van der Waals surface area contributed by atoms with E-state index >= 15 is 0 Å². The standard InChI is InChI=1S/C21H24N2O5S/c1-4-28-11-6-10-23-20(24)18(17-7-5-12-29-17)19(21(23)25)22-14-8-9-15(26-2)16(13-14)27-3/h5,7-9,12-13,22H,4,6,10-11H2,1-3H3. The number of anilines is 1. The number of carbonyl (C=O) groups is 2. The van der Waals surface area contributed by atoms with Crippen molar-refractivity contribution in [1.29, 1.82) is 0 Å². The first-order chi connectivity index (χ1) is 14.1. The molecular formula is C21H24N2O5S. The van der Waals surface area contributed by atoms with Gasteiger partial charge in [0.2, 0.25) is 0 Å². The first kappa shape index (κ1) is 20.9. The fraction of sp³-hybridized carbons (Fsp3) is 0.333. The number of benzene rings is 1. The summed E-state index contributed by atoms with van der Waals surface area (Å²) in [5.41, 5.74) is 1.28. The third kappa shape index (κ3) is 4.44. The highest BCUT2D eigenvalue weighted by Gasteiger charge is 2.39. The highest BCUT2D eigenvalue weighted by molar-refractivity contribution is 7.11. The Bertz CT molecular complexity index is 908. The van der Waals surface area contributed by atoms with Gasteiger partial charge in [-0.25, -0.2) is 0 Å². The zero-order valence-corrected chi connectivity index (χ0v) is 17.5. The van der Waals surface area contributed by atoms with Crippen molar-refractivity contribution in [2.75, 3.05) is 39.3 Å². The van der Waals surface area contributed by atoms with E-state index in [0.29, 0.717) is 48.9 Å². The van der Waals surface area contributed by atoms with Crippen LogP contribution >= 0.6 is 11.3 Å². The van der Waals surface area contributed by atoms with Crippen molar-refractivity contribution in [2.24, 2.45) is 0 Å². The molecule has 1 aliphatic rings. The number of amides is 2. The average molecular weight is 416 g/mol. The molecule has 2 amide bonds. The summed E-state index contributed by atoms with van der Waals surface area (Å²) in [6.07, 6.45) is 0.590. The molecule has 0 spiro atoms. The van der Waals surface area contributed by atoms with Crippen LogP contribution in [-0.2, 0) is 14.3 Å². The zero-order valence-electron chi connectivity index (χ0n) is 16.7. The molecule has 7 nitrogen and oxygen atoms in total. The van der Waals surface area contributed by atoms with E-state index in [4.69, 9.17) is 14.2 Å². The van der Waals surface area contributed by atoms with E-state index in [1.807, 2.05) is 24.4 Å². The summed E-state index contributed by atoms with van der Waals surface area (Å²) in [5, 5.41) is 5.01. The van der Waals surface area contributed by atoms with Crippen molar-refractivity contribution >= 4 is 34.4 Å². The molecule has 0 aliphatic carbocycles. The van der Waals surface area contributed by atoms with Crippen molar-refractivity contribution in [3.8, 4) is 11.5 Å². The number of rotatable bonds is 10. The molecule has 1 N–H and O–H groups in total. The van der Waals surface area contributed by atoms with Crippen LogP contribution in [0.25, 0.3) is 5.57 Å². The predicted molar refractivity (Wildman–Crippen MR) is 112 cm³/mol. The molecule has 2 aromatic rings. The van der Waals surface area contributed by atoms with Gasteiger partial charge >= 0.3 is 0 Å². The number of nitrogens with zero attached hydrogens (tertiary/aromatic N) is 1. The minimum atomic E-state index is -0.343. The molecule has 8 heteroatoms. The number of imide groups is 1. The molecule has 1 aromatic carbocycles. The Morgan fingerprint density at radius 2 is 1.86 bits per heavy atom. The Labute approximate surface area is 173 Å². The van der Waals surface area contributed by atoms with Crippen LogP contribution in [0.4, 0.5) is 5.69 Å². The maximum absolute atomic E-state index is 13.1. The summed E-state index contributed by atoms with van der Waals surface area (Å²) in [6, 6.07) is 8.94. The van der Waals surface area contributed by atoms with Gasteiger partial charge in [-0.15, -0.1) is 11.3 Å². The number of thiophene rings is 1. The van der Waals surface area contributed by atoms with Crippen molar-refractivity contribution < 1.29 is 23.8 Å². The molecule has 1 aliphatic heterocycles. The highest BCUT2D eigenvalue weighted by atomic mass is 32.1. The number of methoxy groups -OCH3 is 2. The Morgan fingerprint density at radius 1 is 1.07 bits per heavy atom. The van der Waals surface area contributed by atoms with Crippen LogP contribution in [0.5, 0.6) is 11.5 Å². The van der Waals surface area contributed by atoms with Gasteiger partial charge < -0.3 is 19.5 Å². The molecule has 0 saturated heterocycles. The lowest BCUT2D eigenvalue weighted by Gasteiger charge is -2.15. The van der Waals surface area contributed by atoms with E-state index in [2.05, 4.69) is 5.32 Å². The number of nitrogens with one attached hydrogen (secondary N) is 1. The van der Waals surface area contributed by atoms with Gasteiger partial charge in [-0.3, -0.25) is 14.5 Å². The summed E-state index contributed by atoms with van der Waals surface area (Å²) in [7, 11) is 3.10. The van der Waals surface area contributed by atoms with E-state index in [1.54, 1.807) is 32.4 Å². The fourth-order valence-electron chi connectivity index (χ4n) is 3.07. The molecule has 0 bridgehead atoms. The van der Waals surface area contributed by atoms with E-state index in [0.717, 1.165) is 4.88 Å². The minimum Gasteiger partial charge on any atom is -0.493 e. The van der Waals surface area contributed by atoms with Crippen LogP contribution in [-0.4, -0.2) is 50.7 Å². The van der Waals surface area contributed by atoms with Crippen molar-refractivity contribution in [2.45, 2.75) is 13.3 Å². The van der Waals surface area contributed by atoms with Gasteiger partial charge in [-0.1, -0.05) is 6.07 Å². The molecule has 29 heavy (non-hydrogen) atoms. The van der Waals surface area contributed by atoms with Gasteiger partial charge in [0.15, 0.2) is 11.5 Å². The van der Waals surface area contributed by atoms with Crippen molar-refractivity contribution in [3.05, 3.63) is 46.3 Å². The normalized spacial score (nSPS) is 14.0. The molecule has 0 radical (unpaired) electrons. The summed E-state index contributed by atoms with van der Waals surface area (Å²) in [6.45, 7) is 3.32. The number of ether oxygens (including phenoxy) is 3. The summed E-state index contributed by atoms with van der Waals surface area (Å²) < 4.78 is 15.9. The zero-order chi connectivity index (χ0) is 20.8. The van der Waals surface area contributed by atoms with Gasteiger partial charge in [0.05, 0.1) is 19.8 Å². The minimum absolute atomic E-state index is 0.265. The van der Waals surface area contributed by atoms with Crippen LogP contribution in [0.2, 0.25) is 0 Å². The third-order valence-corrected chi connectivity index (χ3v) is 5.35. The van der Waals surface area contributed by atoms with Gasteiger partial charge in [-0.2, -0.15) is 0 Å². The number of hydrogen-bond donors (Lipinski definition) is 1. The first-order valence-electron chi connectivity index (χ1n) is 9.31. The Morgan fingerprint density at radius 3 is 2.52 bits per heavy atom. The van der Waals surface area contributed by atoms with Crippen LogP contribution < -0.4 is 14.8 Å². The van der Waals surface area contributed by atoms with Crippen LogP contribution in [0.3, 0.4) is 0 Å². The smallest absolute Gasteiger partial charge is 0.278 e. The SMILES string of the molecule is CCOCCCN1C(=O)C(Nc2ccc(OC)c(OC)c2)=C(c2cccs2)C1=O. The maximum atomic E-state index is 13.1. The van der Waals surface area contributed by atoms with Crippen LogP contribution in [0, 0.1) is 0 Å². The Hall–Kier alpha value is -2.84. The molecular weight excluding hydrogens is 392 g/mol. The molecule has 3 rings (SSSR count). The van der Waals surface area contributed by atoms with Crippen LogP contribution in [0.1, 0.15) is 18.2 Å². The Balaban J connectivity index is 1.90. The van der Waals surface area contributed by atoms with Gasteiger partial charge in [0, 0.05) is 36.4 Å². The molecule has 0 saturated carbocycles. The molecule has 154 valence electrons. The lowest BCUT2D eigenvalue weighted by Crippen LogP contribution is -2.33. The van der Waals surface area contributed by atoms with Crippen LogP contribution in [0.15, 0.2) is 41.4 Å². The topological polar surface area (TPSA) is 77.1 Å². The van der Waals surface area contributed by atoms with Crippen molar-refractivity contribution in [3.63, 3.8) is 0 Å². The van der Waals surface area contributed by atoms with Gasteiger partial charge in [-0.05, 0) is 36.9 Å². The number of hydrogen-bond acceptors (Lipinski definition) is 7. The van der Waals surface area contributed by atoms with Gasteiger partial charge in [0.1, 0.15) is 5.70 Å². The predicted octanol–water partition coefficient (Wildman–Crippen LogP) is 3.38. The second-order valence-corrected chi connectivity index (χ2v) is 7.18. The largest absolute Gasteiger partial charge is 0.493 e. The lowest BCUT2D eigenvalue weighted by atomic mass is 10.2. The number of carbonyl (C=O) groups excluding carboxylic acids is 2. The summed E-state index contributed by atoms with van der Waals surface area (Å²) in [5.74, 6) is 0.472. The second-order valence-electron chi connectivity index (χ2n) is 6.23. The second kappa shape index (κ2) is 9.58. The van der Waals surface area contributed by atoms with Crippen molar-refractivity contribution in [1.82, 2.24) is 4.90 Å². The lowest BCUT2D eigenvalue weighted by molar-refractivity contribution is -0.137. The summed E-state index contributed by atoms with van der Waals surface area (Å²) >= 11 is 1.42. The van der Waals surface area contributed by atoms with E-state index in [1.165, 1.54) is 16.2 Å². The third-order valence-electron chi connectivity index (χ3n) is 4.46. The maximum Gasteiger partial charge on any atom is 0.278 e. The molecule has 1 aromatic heterocycles. The highest BCUT2D eigenvalue weighted by Crippen LogP contribution is 2.35. The fourth-order valence-corrected chi connectivity index (χ4v) is 3.84. The van der Waals surface area contributed by atoms with E-state index in [-0.39, 0.29) is 17.5 Å². The average Bonchev–Trinajstić information content (AvgIpc) is 3.33. The Kier molecular flexibility index (Phi) is 6.90. The molecule has 2 heterocycles. The molecule has 0 unspecified atom stereocenters. The van der Waals surface area contributed by atoms with E-state index in [9.17, 15) is 9.59 Å². The molecule has 0 atom stereocenters. The van der Waals surface area contributed by atoms with Gasteiger partial charge in [0.25, 0.3) is 11.8 Å². The first-order valence-corrected chi connectivity index (χ1v) is 10.2. The van der Waals surface area contributed by atoms with E-state index < -0.39 is 0 Å². The molecule has 0 fully saturated rings.